The van der Waals surface area contributed by atoms with Crippen LogP contribution in [0.4, 0.5) is 0 Å². The van der Waals surface area contributed by atoms with Crippen LogP contribution in [0.25, 0.3) is 0 Å². The summed E-state index contributed by atoms with van der Waals surface area (Å²) in [6, 6.07) is 5.35. The average Bonchev–Trinajstić information content (AvgIpc) is 2.05. The molecule has 0 radical (unpaired) electrons. The molecule has 0 fully saturated rings. The average molecular weight is 165 g/mol. The van der Waals surface area contributed by atoms with Gasteiger partial charge in [0, 0.05) is 6.20 Å². The third-order valence-electron chi connectivity index (χ3n) is 1.16. The molecule has 0 spiro atoms. The van der Waals surface area contributed by atoms with Gasteiger partial charge in [0.1, 0.15) is 0 Å². The summed E-state index contributed by atoms with van der Waals surface area (Å²) in [5, 5.41) is 9.83. The lowest BCUT2D eigenvalue weighted by atomic mass is 10.4. The van der Waals surface area contributed by atoms with Crippen molar-refractivity contribution in [1.82, 2.24) is 4.98 Å². The molecule has 1 aromatic heterocycles. The van der Waals surface area contributed by atoms with Crippen LogP contribution in [0.5, 0.6) is 0 Å². The number of nitrogens with zero attached hydrogens (tertiary/aromatic N) is 3. The van der Waals surface area contributed by atoms with Gasteiger partial charge in [-0.25, -0.2) is 0 Å². The van der Waals surface area contributed by atoms with Crippen molar-refractivity contribution in [1.29, 1.82) is 0 Å². The molecule has 0 saturated carbocycles. The Morgan fingerprint density at radius 2 is 2.50 bits per heavy atom. The smallest absolute Gasteiger partial charge is 0.321 e. The minimum absolute atomic E-state index is 0.252. The predicted octanol–water partition coefficient (Wildman–Crippen LogP) is 0.887. The molecule has 5 nitrogen and oxygen atoms in total. The molecule has 0 aliphatic carbocycles. The van der Waals surface area contributed by atoms with E-state index < -0.39 is 4.92 Å². The SMILES string of the molecule is O=[N+]([O-])C=NCc1ccccn1. The topological polar surface area (TPSA) is 68.4 Å². The van der Waals surface area contributed by atoms with Crippen molar-refractivity contribution in [2.24, 2.45) is 4.99 Å². The molecule has 0 aliphatic rings. The molecule has 0 unspecified atom stereocenters. The monoisotopic (exact) mass is 165 g/mol. The van der Waals surface area contributed by atoms with E-state index in [4.69, 9.17) is 0 Å². The lowest BCUT2D eigenvalue weighted by molar-refractivity contribution is -0.339. The normalized spacial score (nSPS) is 10.3. The van der Waals surface area contributed by atoms with E-state index in [1.54, 1.807) is 18.3 Å². The Labute approximate surface area is 68.9 Å². The van der Waals surface area contributed by atoms with Crippen LogP contribution in [0.1, 0.15) is 5.69 Å². The number of nitro groups is 1. The fraction of sp³-hybridized carbons (Fsp3) is 0.143. The zero-order valence-corrected chi connectivity index (χ0v) is 6.25. The van der Waals surface area contributed by atoms with Gasteiger partial charge in [-0.2, -0.15) is 0 Å². The van der Waals surface area contributed by atoms with Crippen LogP contribution in [-0.2, 0) is 6.54 Å². The van der Waals surface area contributed by atoms with Crippen molar-refractivity contribution in [3.8, 4) is 0 Å². The van der Waals surface area contributed by atoms with Crippen LogP contribution in [0.2, 0.25) is 0 Å². The maximum atomic E-state index is 9.83. The maximum absolute atomic E-state index is 9.83. The first-order valence-electron chi connectivity index (χ1n) is 3.32. The minimum Gasteiger partial charge on any atom is -0.358 e. The van der Waals surface area contributed by atoms with Gasteiger partial charge < -0.3 is 10.1 Å². The second-order valence-electron chi connectivity index (χ2n) is 2.06. The Balaban J connectivity index is 2.49. The Morgan fingerprint density at radius 1 is 1.67 bits per heavy atom. The number of pyridine rings is 1. The van der Waals surface area contributed by atoms with Crippen LogP contribution in [0.3, 0.4) is 0 Å². The van der Waals surface area contributed by atoms with Gasteiger partial charge in [-0.15, -0.1) is 0 Å². The maximum Gasteiger partial charge on any atom is 0.321 e. The highest BCUT2D eigenvalue weighted by Gasteiger charge is 1.93. The minimum atomic E-state index is -0.594. The standard InChI is InChI=1S/C7H7N3O2/c11-10(12)6-8-5-7-3-1-2-4-9-7/h1-4,6H,5H2. The van der Waals surface area contributed by atoms with E-state index in [0.29, 0.717) is 6.34 Å². The zero-order chi connectivity index (χ0) is 8.81. The summed E-state index contributed by atoms with van der Waals surface area (Å²) in [5.74, 6) is 0. The second-order valence-corrected chi connectivity index (χ2v) is 2.06. The number of hydrogen-bond acceptors (Lipinski definition) is 4. The van der Waals surface area contributed by atoms with Gasteiger partial charge in [-0.1, -0.05) is 11.1 Å². The Kier molecular flexibility index (Phi) is 2.89. The number of aromatic nitrogens is 1. The van der Waals surface area contributed by atoms with Crippen molar-refractivity contribution < 1.29 is 4.92 Å². The molecule has 12 heavy (non-hydrogen) atoms. The van der Waals surface area contributed by atoms with E-state index in [2.05, 4.69) is 9.98 Å². The van der Waals surface area contributed by atoms with Gasteiger partial charge in [-0.05, 0) is 17.1 Å². The van der Waals surface area contributed by atoms with E-state index in [-0.39, 0.29) is 6.54 Å². The van der Waals surface area contributed by atoms with Gasteiger partial charge in [0.15, 0.2) is 6.54 Å². The summed E-state index contributed by atoms with van der Waals surface area (Å²) in [6.45, 7) is 0.252. The van der Waals surface area contributed by atoms with Crippen LogP contribution in [0.15, 0.2) is 29.4 Å². The first kappa shape index (κ1) is 8.32. The summed E-state index contributed by atoms with van der Waals surface area (Å²) in [4.78, 5) is 16.7. The molecule has 1 heterocycles. The third-order valence-corrected chi connectivity index (χ3v) is 1.16. The fourth-order valence-corrected chi connectivity index (χ4v) is 0.693. The molecule has 0 aromatic carbocycles. The quantitative estimate of drug-likeness (QED) is 0.289. The van der Waals surface area contributed by atoms with Crippen molar-refractivity contribution in [2.75, 3.05) is 0 Å². The summed E-state index contributed by atoms with van der Waals surface area (Å²) in [5.41, 5.74) is 0.718. The predicted molar refractivity (Wildman–Crippen MR) is 43.4 cm³/mol. The van der Waals surface area contributed by atoms with Crippen molar-refractivity contribution in [3.05, 3.63) is 40.2 Å². The molecule has 62 valence electrons. The van der Waals surface area contributed by atoms with E-state index in [0.717, 1.165) is 5.69 Å². The largest absolute Gasteiger partial charge is 0.358 e. The molecule has 0 bridgehead atoms. The highest BCUT2D eigenvalue weighted by atomic mass is 16.6. The van der Waals surface area contributed by atoms with E-state index in [9.17, 15) is 10.1 Å². The molecule has 1 rings (SSSR count). The van der Waals surface area contributed by atoms with E-state index in [1.807, 2.05) is 6.07 Å². The number of aliphatic imine (C=N–C) groups is 1. The van der Waals surface area contributed by atoms with Gasteiger partial charge in [0.25, 0.3) is 0 Å². The van der Waals surface area contributed by atoms with Crippen LogP contribution in [-0.4, -0.2) is 16.2 Å². The summed E-state index contributed by atoms with van der Waals surface area (Å²) in [7, 11) is 0. The number of rotatable bonds is 3. The molecule has 1 aromatic rings. The van der Waals surface area contributed by atoms with Gasteiger partial charge >= 0.3 is 6.34 Å². The lowest BCUT2D eigenvalue weighted by Crippen LogP contribution is -1.94. The number of hydrogen-bond donors (Lipinski definition) is 0. The van der Waals surface area contributed by atoms with Crippen molar-refractivity contribution >= 4 is 6.34 Å². The van der Waals surface area contributed by atoms with Gasteiger partial charge in [0.05, 0.1) is 5.69 Å². The van der Waals surface area contributed by atoms with Crippen molar-refractivity contribution in [3.63, 3.8) is 0 Å². The zero-order valence-electron chi connectivity index (χ0n) is 6.25. The summed E-state index contributed by atoms with van der Waals surface area (Å²) >= 11 is 0. The first-order valence-corrected chi connectivity index (χ1v) is 3.32. The lowest BCUT2D eigenvalue weighted by Gasteiger charge is -1.87. The van der Waals surface area contributed by atoms with Crippen LogP contribution >= 0.6 is 0 Å². The summed E-state index contributed by atoms with van der Waals surface area (Å²) in [6.07, 6.45) is 2.30. The van der Waals surface area contributed by atoms with Crippen molar-refractivity contribution in [2.45, 2.75) is 6.54 Å². The fourth-order valence-electron chi connectivity index (χ4n) is 0.693. The highest BCUT2D eigenvalue weighted by Crippen LogP contribution is 1.93. The summed E-state index contributed by atoms with van der Waals surface area (Å²) < 4.78 is 0. The molecule has 0 atom stereocenters. The molecule has 0 saturated heterocycles. The Bertz CT molecular complexity index is 284. The first-order chi connectivity index (χ1) is 5.79. The Hall–Kier alpha value is -1.78. The highest BCUT2D eigenvalue weighted by molar-refractivity contribution is 5.43. The molecule has 0 N–H and O–H groups in total. The second kappa shape index (κ2) is 4.17. The van der Waals surface area contributed by atoms with Crippen LogP contribution < -0.4 is 0 Å². The van der Waals surface area contributed by atoms with Crippen LogP contribution in [0, 0.1) is 10.1 Å². The third kappa shape index (κ3) is 2.87. The molecular formula is C7H7N3O2. The van der Waals surface area contributed by atoms with E-state index >= 15 is 0 Å². The van der Waals surface area contributed by atoms with Gasteiger partial charge in [0.2, 0.25) is 0 Å². The van der Waals surface area contributed by atoms with E-state index in [1.165, 1.54) is 0 Å². The molecule has 0 amide bonds. The molecule has 0 aliphatic heterocycles. The Morgan fingerprint density at radius 3 is 3.08 bits per heavy atom. The van der Waals surface area contributed by atoms with Gasteiger partial charge in [-0.3, -0.25) is 4.98 Å². The molecular weight excluding hydrogens is 158 g/mol. The molecule has 5 heteroatoms.